The van der Waals surface area contributed by atoms with Crippen molar-refractivity contribution in [2.45, 2.75) is 0 Å². The number of rotatable bonds is 4. The monoisotopic (exact) mass is 320 g/mol. The average Bonchev–Trinajstić information content (AvgIpc) is 2.25. The van der Waals surface area contributed by atoms with Gasteiger partial charge in [0.2, 0.25) is 5.56 Å². The summed E-state index contributed by atoms with van der Waals surface area (Å²) in [4.78, 5) is 30.5. The molecule has 96 valence electrons. The van der Waals surface area contributed by atoms with E-state index in [9.17, 15) is 25.0 Å². The molecule has 0 aromatic heterocycles. The summed E-state index contributed by atoms with van der Waals surface area (Å²) in [5.74, 6) is -2.16. The first-order valence-corrected chi connectivity index (χ1v) is 5.03. The molecule has 10 heteroatoms. The Balaban J connectivity index is 3.87. The van der Waals surface area contributed by atoms with Crippen molar-refractivity contribution < 1.29 is 24.5 Å². The third-order valence-electron chi connectivity index (χ3n) is 1.99. The predicted molar refractivity (Wildman–Crippen MR) is 61.0 cm³/mol. The Morgan fingerprint density at radius 3 is 2.17 bits per heavy atom. The predicted octanol–water partition coefficient (Wildman–Crippen LogP) is 1.97. The van der Waals surface area contributed by atoms with Gasteiger partial charge in [0.15, 0.2) is 5.75 Å². The van der Waals surface area contributed by atoms with Gasteiger partial charge >= 0.3 is 17.3 Å². The highest BCUT2D eigenvalue weighted by Crippen LogP contribution is 2.42. The van der Waals surface area contributed by atoms with E-state index >= 15 is 0 Å². The minimum Gasteiger partial charge on any atom is -0.490 e. The van der Waals surface area contributed by atoms with Crippen LogP contribution in [0.25, 0.3) is 0 Å². The van der Waals surface area contributed by atoms with E-state index in [1.807, 2.05) is 0 Å². The Labute approximate surface area is 107 Å². The van der Waals surface area contributed by atoms with Crippen LogP contribution in [-0.2, 0) is 0 Å². The number of carboxylic acids is 1. The highest BCUT2D eigenvalue weighted by molar-refractivity contribution is 9.10. The van der Waals surface area contributed by atoms with Crippen molar-refractivity contribution in [2.24, 2.45) is 0 Å². The second kappa shape index (κ2) is 4.96. The molecule has 0 fully saturated rings. The zero-order chi connectivity index (χ0) is 14.0. The molecular formula is C8H5BrN2O7. The summed E-state index contributed by atoms with van der Waals surface area (Å²) in [6.45, 7) is 0. The SMILES string of the molecule is COc1cc(Br)c([N+](=O)[O-])c(C(=O)O)c1[N+](=O)[O-]. The fourth-order valence-electron chi connectivity index (χ4n) is 1.32. The molecule has 0 aliphatic rings. The first-order chi connectivity index (χ1) is 8.31. The average molecular weight is 321 g/mol. The van der Waals surface area contributed by atoms with Crippen molar-refractivity contribution in [2.75, 3.05) is 7.11 Å². The van der Waals surface area contributed by atoms with Crippen LogP contribution in [0.15, 0.2) is 10.5 Å². The summed E-state index contributed by atoms with van der Waals surface area (Å²) < 4.78 is 4.44. The van der Waals surface area contributed by atoms with Crippen molar-refractivity contribution in [3.8, 4) is 5.75 Å². The van der Waals surface area contributed by atoms with Crippen molar-refractivity contribution in [3.63, 3.8) is 0 Å². The van der Waals surface area contributed by atoms with E-state index in [0.29, 0.717) is 0 Å². The van der Waals surface area contributed by atoms with Crippen LogP contribution in [0.4, 0.5) is 11.4 Å². The van der Waals surface area contributed by atoms with Crippen molar-refractivity contribution in [1.29, 1.82) is 0 Å². The second-order valence-electron chi connectivity index (χ2n) is 2.95. The highest BCUT2D eigenvalue weighted by atomic mass is 79.9. The maximum absolute atomic E-state index is 11.0. The van der Waals surface area contributed by atoms with Crippen LogP contribution in [-0.4, -0.2) is 28.0 Å². The van der Waals surface area contributed by atoms with Crippen LogP contribution in [0, 0.1) is 20.2 Å². The van der Waals surface area contributed by atoms with Gasteiger partial charge in [-0.15, -0.1) is 0 Å². The standard InChI is InChI=1S/C8H5BrN2O7/c1-18-4-2-3(9)6(10(14)15)5(8(12)13)7(4)11(16)17/h2H,1H3,(H,12,13). The van der Waals surface area contributed by atoms with Crippen molar-refractivity contribution >= 4 is 33.3 Å². The van der Waals surface area contributed by atoms with Gasteiger partial charge in [-0.1, -0.05) is 0 Å². The summed E-state index contributed by atoms with van der Waals surface area (Å²) in [7, 11) is 1.09. The first-order valence-electron chi connectivity index (χ1n) is 4.23. The Bertz CT molecular complexity index is 557. The number of methoxy groups -OCH3 is 1. The summed E-state index contributed by atoms with van der Waals surface area (Å²) in [5, 5.41) is 30.5. The summed E-state index contributed by atoms with van der Waals surface area (Å²) in [5.41, 5.74) is -2.88. The molecule has 1 N–H and O–H groups in total. The molecule has 0 bridgehead atoms. The van der Waals surface area contributed by atoms with Gasteiger partial charge in [0.25, 0.3) is 0 Å². The third-order valence-corrected chi connectivity index (χ3v) is 2.59. The lowest BCUT2D eigenvalue weighted by molar-refractivity contribution is -0.395. The molecule has 0 aliphatic carbocycles. The molecule has 0 spiro atoms. The molecule has 0 amide bonds. The summed E-state index contributed by atoms with van der Waals surface area (Å²) in [6, 6.07) is 0.975. The van der Waals surface area contributed by atoms with Crippen LogP contribution >= 0.6 is 15.9 Å². The summed E-state index contributed by atoms with van der Waals surface area (Å²) >= 11 is 2.78. The number of hydrogen-bond acceptors (Lipinski definition) is 6. The van der Waals surface area contributed by atoms with Gasteiger partial charge in [0.1, 0.15) is 4.47 Å². The molecule has 1 rings (SSSR count). The lowest BCUT2D eigenvalue weighted by Crippen LogP contribution is -2.09. The number of nitro benzene ring substituents is 2. The Morgan fingerprint density at radius 2 is 1.83 bits per heavy atom. The van der Waals surface area contributed by atoms with Gasteiger partial charge in [-0.3, -0.25) is 20.2 Å². The molecule has 0 saturated carbocycles. The molecule has 0 radical (unpaired) electrons. The van der Waals surface area contributed by atoms with Gasteiger partial charge in [0.05, 0.1) is 17.0 Å². The molecule has 0 atom stereocenters. The Morgan fingerprint density at radius 1 is 1.33 bits per heavy atom. The molecule has 18 heavy (non-hydrogen) atoms. The zero-order valence-electron chi connectivity index (χ0n) is 8.75. The van der Waals surface area contributed by atoms with E-state index in [4.69, 9.17) is 5.11 Å². The smallest absolute Gasteiger partial charge is 0.350 e. The van der Waals surface area contributed by atoms with E-state index in [2.05, 4.69) is 20.7 Å². The molecule has 9 nitrogen and oxygen atoms in total. The van der Waals surface area contributed by atoms with Crippen LogP contribution in [0.2, 0.25) is 0 Å². The molecule has 0 saturated heterocycles. The van der Waals surface area contributed by atoms with E-state index in [1.54, 1.807) is 0 Å². The fraction of sp³-hybridized carbons (Fsp3) is 0.125. The Kier molecular flexibility index (Phi) is 3.81. The van der Waals surface area contributed by atoms with Crippen LogP contribution < -0.4 is 4.74 Å². The van der Waals surface area contributed by atoms with Gasteiger partial charge in [-0.05, 0) is 15.9 Å². The number of aromatic carboxylic acids is 1. The van der Waals surface area contributed by atoms with Crippen LogP contribution in [0.5, 0.6) is 5.75 Å². The minimum absolute atomic E-state index is 0.215. The fourth-order valence-corrected chi connectivity index (χ4v) is 1.88. The number of ether oxygens (including phenoxy) is 1. The van der Waals surface area contributed by atoms with E-state index in [-0.39, 0.29) is 10.2 Å². The van der Waals surface area contributed by atoms with Crippen LogP contribution in [0.3, 0.4) is 0 Å². The quantitative estimate of drug-likeness (QED) is 0.662. The van der Waals surface area contributed by atoms with Gasteiger partial charge in [0, 0.05) is 6.07 Å². The maximum Gasteiger partial charge on any atom is 0.350 e. The number of nitro groups is 2. The molecule has 0 aliphatic heterocycles. The summed E-state index contributed by atoms with van der Waals surface area (Å²) in [6.07, 6.45) is 0. The van der Waals surface area contributed by atoms with Crippen molar-refractivity contribution in [3.05, 3.63) is 36.3 Å². The van der Waals surface area contributed by atoms with Crippen molar-refractivity contribution in [1.82, 2.24) is 0 Å². The first kappa shape index (κ1) is 13.8. The van der Waals surface area contributed by atoms with Gasteiger partial charge < -0.3 is 9.84 Å². The lowest BCUT2D eigenvalue weighted by Gasteiger charge is -2.06. The lowest BCUT2D eigenvalue weighted by atomic mass is 10.1. The van der Waals surface area contributed by atoms with Gasteiger partial charge in [-0.25, -0.2) is 4.79 Å². The molecular weight excluding hydrogens is 316 g/mol. The molecule has 0 unspecified atom stereocenters. The van der Waals surface area contributed by atoms with Crippen LogP contribution in [0.1, 0.15) is 10.4 Å². The molecule has 0 heterocycles. The van der Waals surface area contributed by atoms with E-state index in [0.717, 1.165) is 13.2 Å². The maximum atomic E-state index is 11.0. The normalized spacial score (nSPS) is 9.89. The largest absolute Gasteiger partial charge is 0.490 e. The van der Waals surface area contributed by atoms with E-state index in [1.165, 1.54) is 0 Å². The number of carbonyl (C=O) groups is 1. The number of hydrogen-bond donors (Lipinski definition) is 1. The second-order valence-corrected chi connectivity index (χ2v) is 3.81. The number of carboxylic acid groups (broad SMARTS) is 1. The third kappa shape index (κ3) is 2.22. The zero-order valence-corrected chi connectivity index (χ0v) is 10.3. The Hall–Kier alpha value is -2.23. The minimum atomic E-state index is -1.78. The van der Waals surface area contributed by atoms with Gasteiger partial charge in [-0.2, -0.15) is 0 Å². The highest BCUT2D eigenvalue weighted by Gasteiger charge is 2.37. The number of nitrogens with zero attached hydrogens (tertiary/aromatic N) is 2. The topological polar surface area (TPSA) is 133 Å². The molecule has 1 aromatic rings. The number of halogens is 1. The molecule has 1 aromatic carbocycles. The number of benzene rings is 1. The van der Waals surface area contributed by atoms with E-state index < -0.39 is 32.8 Å².